The Bertz CT molecular complexity index is 1440. The van der Waals surface area contributed by atoms with E-state index in [4.69, 9.17) is 9.47 Å². The Hall–Kier alpha value is -3.56. The molecule has 5 rings (SSSR count). The van der Waals surface area contributed by atoms with E-state index in [1.807, 2.05) is 29.8 Å². The molecular weight excluding hydrogens is 480 g/mol. The maximum atomic E-state index is 13.3. The molecule has 4 aromatic rings. The van der Waals surface area contributed by atoms with Gasteiger partial charge in [0, 0.05) is 25.3 Å². The summed E-state index contributed by atoms with van der Waals surface area (Å²) in [6.45, 7) is 8.73. The number of fused-ring (bicyclic) bond motifs is 1. The number of benzene rings is 2. The lowest BCUT2D eigenvalue weighted by molar-refractivity contribution is 0.0888. The summed E-state index contributed by atoms with van der Waals surface area (Å²) >= 11 is 0. The number of aryl methyl sites for hydroxylation is 2. The van der Waals surface area contributed by atoms with E-state index in [2.05, 4.69) is 63.5 Å². The highest BCUT2D eigenvalue weighted by atomic mass is 16.5. The normalized spacial score (nSPS) is 16.4. The third-order valence-electron chi connectivity index (χ3n) is 7.37. The van der Waals surface area contributed by atoms with Gasteiger partial charge in [-0.05, 0) is 84.3 Å². The zero-order valence-electron chi connectivity index (χ0n) is 22.6. The molecule has 2 unspecified atom stereocenters. The van der Waals surface area contributed by atoms with Crippen LogP contribution in [0.2, 0.25) is 0 Å². The number of hydrogen-bond acceptors (Lipinski definition) is 7. The van der Waals surface area contributed by atoms with Crippen molar-refractivity contribution in [3.63, 3.8) is 0 Å². The molecule has 1 aliphatic heterocycles. The second-order valence-electron chi connectivity index (χ2n) is 10.2. The number of aromatic nitrogens is 5. The van der Waals surface area contributed by atoms with Gasteiger partial charge in [0.1, 0.15) is 5.75 Å². The Balaban J connectivity index is 1.51. The molecule has 9 heteroatoms. The number of pyridine rings is 1. The van der Waals surface area contributed by atoms with Crippen LogP contribution in [0.25, 0.3) is 10.9 Å². The van der Waals surface area contributed by atoms with E-state index in [0.29, 0.717) is 25.2 Å². The van der Waals surface area contributed by atoms with Crippen molar-refractivity contribution in [3.8, 4) is 5.75 Å². The van der Waals surface area contributed by atoms with Crippen LogP contribution in [0.15, 0.2) is 47.3 Å². The van der Waals surface area contributed by atoms with E-state index in [-0.39, 0.29) is 17.7 Å². The molecule has 0 radical (unpaired) electrons. The zero-order chi connectivity index (χ0) is 26.6. The van der Waals surface area contributed by atoms with Crippen LogP contribution >= 0.6 is 0 Å². The lowest BCUT2D eigenvalue weighted by Gasteiger charge is -2.30. The van der Waals surface area contributed by atoms with Crippen LogP contribution in [0.1, 0.15) is 60.3 Å². The molecule has 0 amide bonds. The summed E-state index contributed by atoms with van der Waals surface area (Å²) in [5.74, 6) is 1.60. The second kappa shape index (κ2) is 11.4. The molecule has 0 bridgehead atoms. The van der Waals surface area contributed by atoms with Gasteiger partial charge in [-0.1, -0.05) is 30.7 Å². The van der Waals surface area contributed by atoms with Crippen LogP contribution in [-0.2, 0) is 24.4 Å². The molecule has 0 saturated carbocycles. The smallest absolute Gasteiger partial charge is 0.252 e. The van der Waals surface area contributed by atoms with Crippen LogP contribution in [-0.4, -0.2) is 49.9 Å². The van der Waals surface area contributed by atoms with Gasteiger partial charge in [0.15, 0.2) is 5.82 Å². The maximum absolute atomic E-state index is 13.3. The third-order valence-corrected chi connectivity index (χ3v) is 7.37. The van der Waals surface area contributed by atoms with Crippen LogP contribution in [0.3, 0.4) is 0 Å². The van der Waals surface area contributed by atoms with Gasteiger partial charge in [-0.3, -0.25) is 9.69 Å². The van der Waals surface area contributed by atoms with Gasteiger partial charge in [0.05, 0.1) is 31.3 Å². The van der Waals surface area contributed by atoms with Crippen molar-refractivity contribution < 1.29 is 9.47 Å². The van der Waals surface area contributed by atoms with Gasteiger partial charge < -0.3 is 14.5 Å². The minimum absolute atomic E-state index is 0.0713. The predicted octanol–water partition coefficient (Wildman–Crippen LogP) is 4.47. The Kier molecular flexibility index (Phi) is 7.85. The average Bonchev–Trinajstić information content (AvgIpc) is 3.59. The molecular formula is C29H36N6O3. The fourth-order valence-corrected chi connectivity index (χ4v) is 5.48. The maximum Gasteiger partial charge on any atom is 0.252 e. The fraction of sp³-hybridized carbons (Fsp3) is 0.448. The Morgan fingerprint density at radius 3 is 2.71 bits per heavy atom. The van der Waals surface area contributed by atoms with Crippen LogP contribution in [0, 0.1) is 13.8 Å². The van der Waals surface area contributed by atoms with Gasteiger partial charge in [-0.15, -0.1) is 5.10 Å². The molecule has 1 fully saturated rings. The number of ether oxygens (including phenoxy) is 2. The summed E-state index contributed by atoms with van der Waals surface area (Å²) in [4.78, 5) is 18.7. The highest BCUT2D eigenvalue weighted by Crippen LogP contribution is 2.28. The zero-order valence-corrected chi connectivity index (χ0v) is 22.6. The first-order valence-electron chi connectivity index (χ1n) is 13.3. The summed E-state index contributed by atoms with van der Waals surface area (Å²) < 4.78 is 13.1. The van der Waals surface area contributed by atoms with Crippen molar-refractivity contribution in [2.24, 2.45) is 0 Å². The highest BCUT2D eigenvalue weighted by Gasteiger charge is 2.28. The van der Waals surface area contributed by atoms with E-state index in [1.54, 1.807) is 7.11 Å². The summed E-state index contributed by atoms with van der Waals surface area (Å²) in [5, 5.41) is 13.8. The Morgan fingerprint density at radius 1 is 1.18 bits per heavy atom. The first kappa shape index (κ1) is 26.1. The number of nitrogens with one attached hydrogen (secondary N) is 1. The molecule has 0 aliphatic carbocycles. The van der Waals surface area contributed by atoms with Crippen molar-refractivity contribution >= 4 is 10.9 Å². The number of methoxy groups -OCH3 is 1. The highest BCUT2D eigenvalue weighted by molar-refractivity contribution is 5.82. The number of hydrogen-bond donors (Lipinski definition) is 1. The summed E-state index contributed by atoms with van der Waals surface area (Å²) in [5.41, 5.74) is 4.89. The van der Waals surface area contributed by atoms with E-state index >= 15 is 0 Å². The average molecular weight is 517 g/mol. The second-order valence-corrected chi connectivity index (χ2v) is 10.2. The summed E-state index contributed by atoms with van der Waals surface area (Å²) in [6.07, 6.45) is 2.98. The molecule has 38 heavy (non-hydrogen) atoms. The van der Waals surface area contributed by atoms with E-state index < -0.39 is 0 Å². The van der Waals surface area contributed by atoms with Crippen molar-refractivity contribution in [2.45, 2.75) is 71.8 Å². The lowest BCUT2D eigenvalue weighted by atomic mass is 10.0. The van der Waals surface area contributed by atoms with Crippen molar-refractivity contribution in [1.82, 2.24) is 30.1 Å². The third kappa shape index (κ3) is 5.63. The number of rotatable bonds is 10. The van der Waals surface area contributed by atoms with Gasteiger partial charge in [0.2, 0.25) is 0 Å². The van der Waals surface area contributed by atoms with Crippen LogP contribution < -0.4 is 10.3 Å². The number of H-pyrrole nitrogens is 1. The van der Waals surface area contributed by atoms with Crippen LogP contribution in [0.4, 0.5) is 0 Å². The van der Waals surface area contributed by atoms with E-state index in [9.17, 15) is 4.79 Å². The molecule has 1 N–H and O–H groups in total. The fourth-order valence-electron chi connectivity index (χ4n) is 5.48. The monoisotopic (exact) mass is 516 g/mol. The number of tetrazole rings is 1. The van der Waals surface area contributed by atoms with Crippen molar-refractivity contribution in [1.29, 1.82) is 0 Å². The minimum Gasteiger partial charge on any atom is -0.497 e. The van der Waals surface area contributed by atoms with Gasteiger partial charge in [-0.2, -0.15) is 0 Å². The van der Waals surface area contributed by atoms with Crippen molar-refractivity contribution in [3.05, 3.63) is 80.9 Å². The first-order valence-corrected chi connectivity index (χ1v) is 13.3. The molecule has 200 valence electrons. The SMILES string of the molecule is CCC(c1nnnn1CC1CCCO1)N(Cc1ccc(OC)cc1)Cc1cc2cc(C)cc(C)c2[nH]c1=O. The standard InChI is InChI=1S/C29H36N6O3/c1-5-26(28-31-32-33-35(28)18-25-7-6-12-38-25)34(16-21-8-10-24(37-4)11-9-21)17-23-15-22-14-19(2)13-20(3)27(22)30-29(23)36/h8-11,13-15,25-26H,5-7,12,16-18H2,1-4H3,(H,30,36). The topological polar surface area (TPSA) is 98.2 Å². The molecule has 0 spiro atoms. The van der Waals surface area contributed by atoms with Gasteiger partial charge >= 0.3 is 0 Å². The van der Waals surface area contributed by atoms with E-state index in [1.165, 1.54) is 5.56 Å². The summed E-state index contributed by atoms with van der Waals surface area (Å²) in [6, 6.07) is 14.2. The Morgan fingerprint density at radius 2 is 2.00 bits per heavy atom. The minimum atomic E-state index is -0.0946. The molecule has 3 heterocycles. The Labute approximate surface area is 222 Å². The first-order chi connectivity index (χ1) is 18.4. The quantitative estimate of drug-likeness (QED) is 0.332. The summed E-state index contributed by atoms with van der Waals surface area (Å²) in [7, 11) is 1.66. The molecule has 2 atom stereocenters. The molecule has 1 saturated heterocycles. The molecule has 2 aromatic carbocycles. The van der Waals surface area contributed by atoms with Crippen LogP contribution in [0.5, 0.6) is 5.75 Å². The van der Waals surface area contributed by atoms with Gasteiger partial charge in [-0.25, -0.2) is 4.68 Å². The van der Waals surface area contributed by atoms with Crippen molar-refractivity contribution in [2.75, 3.05) is 13.7 Å². The van der Waals surface area contributed by atoms with E-state index in [0.717, 1.165) is 59.5 Å². The largest absolute Gasteiger partial charge is 0.497 e. The predicted molar refractivity (Wildman–Crippen MR) is 146 cm³/mol. The lowest BCUT2D eigenvalue weighted by Crippen LogP contribution is -2.33. The molecule has 1 aliphatic rings. The number of nitrogens with zero attached hydrogens (tertiary/aromatic N) is 5. The van der Waals surface area contributed by atoms with Gasteiger partial charge in [0.25, 0.3) is 5.56 Å². The molecule has 9 nitrogen and oxygen atoms in total. The number of aromatic amines is 1. The molecule has 2 aromatic heterocycles.